The molecule has 2 bridgehead atoms. The zero-order valence-corrected chi connectivity index (χ0v) is 13.5. The van der Waals surface area contributed by atoms with Crippen molar-refractivity contribution < 1.29 is 24.2 Å². The van der Waals surface area contributed by atoms with Gasteiger partial charge in [-0.3, -0.25) is 9.59 Å². The van der Waals surface area contributed by atoms with Crippen molar-refractivity contribution in [2.24, 2.45) is 11.8 Å². The molecular weight excluding hydrogens is 310 g/mol. The number of hydrogen-bond donors (Lipinski definition) is 1. The van der Waals surface area contributed by atoms with E-state index in [0.717, 1.165) is 11.3 Å². The van der Waals surface area contributed by atoms with Crippen molar-refractivity contribution in [3.8, 4) is 5.75 Å². The van der Waals surface area contributed by atoms with Crippen LogP contribution >= 0.6 is 0 Å². The number of benzene rings is 1. The van der Waals surface area contributed by atoms with Crippen LogP contribution in [0.3, 0.4) is 0 Å². The summed E-state index contributed by atoms with van der Waals surface area (Å²) in [7, 11) is 1.61. The average Bonchev–Trinajstić information content (AvgIpc) is 3.22. The number of aliphatic carboxylic acids is 1. The summed E-state index contributed by atoms with van der Waals surface area (Å²) < 4.78 is 11.1. The lowest BCUT2D eigenvalue weighted by Gasteiger charge is -2.27. The second-order valence-electron chi connectivity index (χ2n) is 6.65. The van der Waals surface area contributed by atoms with Gasteiger partial charge in [-0.2, -0.15) is 0 Å². The maximum atomic E-state index is 12.9. The number of hydrogen-bond acceptors (Lipinski definition) is 4. The van der Waals surface area contributed by atoms with Crippen LogP contribution in [0.1, 0.15) is 18.5 Å². The Kier molecular flexibility index (Phi) is 3.22. The van der Waals surface area contributed by atoms with Crippen molar-refractivity contribution >= 4 is 11.9 Å². The van der Waals surface area contributed by atoms with E-state index in [2.05, 4.69) is 0 Å². The van der Waals surface area contributed by atoms with Crippen LogP contribution in [0.15, 0.2) is 36.4 Å². The largest absolute Gasteiger partial charge is 0.497 e. The lowest BCUT2D eigenvalue weighted by atomic mass is 9.77. The number of methoxy groups -OCH3 is 1. The minimum absolute atomic E-state index is 0.141. The molecule has 2 saturated heterocycles. The van der Waals surface area contributed by atoms with E-state index in [1.165, 1.54) is 0 Å². The molecule has 0 radical (unpaired) electrons. The van der Waals surface area contributed by atoms with Crippen LogP contribution in [0.25, 0.3) is 0 Å². The molecule has 24 heavy (non-hydrogen) atoms. The Morgan fingerprint density at radius 2 is 2.12 bits per heavy atom. The number of amides is 1. The van der Waals surface area contributed by atoms with Gasteiger partial charge in [-0.1, -0.05) is 24.3 Å². The second kappa shape index (κ2) is 5.08. The summed E-state index contributed by atoms with van der Waals surface area (Å²) in [5, 5.41) is 9.50. The summed E-state index contributed by atoms with van der Waals surface area (Å²) >= 11 is 0. The Bertz CT molecular complexity index is 727. The highest BCUT2D eigenvalue weighted by molar-refractivity contribution is 5.91. The summed E-state index contributed by atoms with van der Waals surface area (Å²) in [5.74, 6) is -1.78. The highest BCUT2D eigenvalue weighted by atomic mass is 16.5. The number of nitrogens with zero attached hydrogens (tertiary/aromatic N) is 1. The molecule has 3 aliphatic rings. The van der Waals surface area contributed by atoms with Gasteiger partial charge < -0.3 is 19.5 Å². The molecule has 5 atom stereocenters. The van der Waals surface area contributed by atoms with E-state index in [1.54, 1.807) is 18.1 Å². The predicted molar refractivity (Wildman–Crippen MR) is 84.5 cm³/mol. The van der Waals surface area contributed by atoms with Gasteiger partial charge in [0.2, 0.25) is 5.91 Å². The molecule has 0 aromatic heterocycles. The fraction of sp³-hybridized carbons (Fsp3) is 0.444. The van der Waals surface area contributed by atoms with Gasteiger partial charge in [0, 0.05) is 0 Å². The molecule has 4 rings (SSSR count). The van der Waals surface area contributed by atoms with E-state index < -0.39 is 29.5 Å². The first kappa shape index (κ1) is 15.2. The molecule has 0 saturated carbocycles. The van der Waals surface area contributed by atoms with Crippen LogP contribution in [0.2, 0.25) is 0 Å². The van der Waals surface area contributed by atoms with Gasteiger partial charge >= 0.3 is 5.97 Å². The third-order valence-corrected chi connectivity index (χ3v) is 5.48. The number of carbonyl (C=O) groups is 2. The van der Waals surface area contributed by atoms with E-state index in [0.29, 0.717) is 6.54 Å². The first-order valence-electron chi connectivity index (χ1n) is 8.01. The quantitative estimate of drug-likeness (QED) is 0.850. The van der Waals surface area contributed by atoms with E-state index in [4.69, 9.17) is 9.47 Å². The smallest absolute Gasteiger partial charge is 0.310 e. The minimum atomic E-state index is -0.969. The minimum Gasteiger partial charge on any atom is -0.497 e. The number of rotatable bonds is 4. The SMILES string of the molecule is COc1ccc([C@H](C)N2C[C@@]34C=C[C@@H](O3)[C@@H](C(=O)O)[C@@H]4C2=O)cc1. The average molecular weight is 329 g/mol. The van der Waals surface area contributed by atoms with E-state index >= 15 is 0 Å². The van der Waals surface area contributed by atoms with Crippen molar-refractivity contribution in [2.45, 2.75) is 24.7 Å². The number of likely N-dealkylation sites (tertiary alicyclic amines) is 1. The Balaban J connectivity index is 1.63. The number of fused-ring (bicyclic) bond motifs is 1. The maximum Gasteiger partial charge on any atom is 0.310 e. The van der Waals surface area contributed by atoms with E-state index in [-0.39, 0.29) is 11.9 Å². The predicted octanol–water partition coefficient (Wildman–Crippen LogP) is 1.62. The molecule has 3 aliphatic heterocycles. The summed E-state index contributed by atoms with van der Waals surface area (Å²) in [6.45, 7) is 2.34. The molecule has 1 aromatic rings. The lowest BCUT2D eigenvalue weighted by Crippen LogP contribution is -2.39. The van der Waals surface area contributed by atoms with Gasteiger partial charge in [-0.05, 0) is 24.6 Å². The van der Waals surface area contributed by atoms with E-state index in [9.17, 15) is 14.7 Å². The molecule has 0 unspecified atom stereocenters. The van der Waals surface area contributed by atoms with Crippen molar-refractivity contribution in [1.82, 2.24) is 4.90 Å². The number of carbonyl (C=O) groups excluding carboxylic acids is 1. The van der Waals surface area contributed by atoms with Gasteiger partial charge in [-0.15, -0.1) is 0 Å². The summed E-state index contributed by atoms with van der Waals surface area (Å²) in [6.07, 6.45) is 3.17. The van der Waals surface area contributed by atoms with Crippen LogP contribution in [0.5, 0.6) is 5.75 Å². The monoisotopic (exact) mass is 329 g/mol. The van der Waals surface area contributed by atoms with Crippen molar-refractivity contribution in [2.75, 3.05) is 13.7 Å². The van der Waals surface area contributed by atoms with Crippen LogP contribution in [0, 0.1) is 11.8 Å². The van der Waals surface area contributed by atoms with Crippen LogP contribution in [0.4, 0.5) is 0 Å². The van der Waals surface area contributed by atoms with Gasteiger partial charge in [-0.25, -0.2) is 0 Å². The Morgan fingerprint density at radius 3 is 2.75 bits per heavy atom. The normalized spacial score (nSPS) is 34.5. The molecule has 6 heteroatoms. The second-order valence-corrected chi connectivity index (χ2v) is 6.65. The first-order valence-corrected chi connectivity index (χ1v) is 8.01. The molecule has 3 heterocycles. The maximum absolute atomic E-state index is 12.9. The Morgan fingerprint density at radius 1 is 1.42 bits per heavy atom. The van der Waals surface area contributed by atoms with Crippen molar-refractivity contribution in [3.05, 3.63) is 42.0 Å². The Labute approximate surface area is 139 Å². The summed E-state index contributed by atoms with van der Waals surface area (Å²) in [6, 6.07) is 7.39. The van der Waals surface area contributed by atoms with Crippen LogP contribution < -0.4 is 4.74 Å². The molecular formula is C18H19NO5. The van der Waals surface area contributed by atoms with Crippen molar-refractivity contribution in [1.29, 1.82) is 0 Å². The van der Waals surface area contributed by atoms with E-state index in [1.807, 2.05) is 37.3 Å². The summed E-state index contributed by atoms with van der Waals surface area (Å²) in [4.78, 5) is 26.3. The standard InChI is InChI=1S/C18H19NO5/c1-10(11-3-5-12(23-2)6-4-11)19-9-18-8-7-13(24-18)14(17(21)22)15(18)16(19)20/h3-8,10,13-15H,9H2,1-2H3,(H,21,22)/t10-,13+,14+,15+,18+/m0/s1. The molecule has 2 fully saturated rings. The zero-order chi connectivity index (χ0) is 17.1. The van der Waals surface area contributed by atoms with Gasteiger partial charge in [0.15, 0.2) is 0 Å². The topological polar surface area (TPSA) is 76.1 Å². The third kappa shape index (κ3) is 1.92. The molecule has 126 valence electrons. The third-order valence-electron chi connectivity index (χ3n) is 5.48. The Hall–Kier alpha value is -2.34. The van der Waals surface area contributed by atoms with Crippen LogP contribution in [-0.2, 0) is 14.3 Å². The number of carboxylic acid groups (broad SMARTS) is 1. The molecule has 1 spiro atoms. The highest BCUT2D eigenvalue weighted by Gasteiger charge is 2.67. The first-order chi connectivity index (χ1) is 11.5. The molecule has 6 nitrogen and oxygen atoms in total. The molecule has 1 amide bonds. The molecule has 1 aromatic carbocycles. The molecule has 1 N–H and O–H groups in total. The zero-order valence-electron chi connectivity index (χ0n) is 13.5. The van der Waals surface area contributed by atoms with Gasteiger partial charge in [0.25, 0.3) is 0 Å². The number of ether oxygens (including phenoxy) is 2. The van der Waals surface area contributed by atoms with Crippen LogP contribution in [-0.4, -0.2) is 47.2 Å². The van der Waals surface area contributed by atoms with Crippen molar-refractivity contribution in [3.63, 3.8) is 0 Å². The number of carboxylic acids is 1. The molecule has 0 aliphatic carbocycles. The lowest BCUT2D eigenvalue weighted by molar-refractivity contribution is -0.148. The highest BCUT2D eigenvalue weighted by Crippen LogP contribution is 2.53. The fourth-order valence-corrected chi connectivity index (χ4v) is 4.20. The van der Waals surface area contributed by atoms with Gasteiger partial charge in [0.05, 0.1) is 31.7 Å². The fourth-order valence-electron chi connectivity index (χ4n) is 4.20. The van der Waals surface area contributed by atoms with Gasteiger partial charge in [0.1, 0.15) is 17.3 Å². The summed E-state index contributed by atoms with van der Waals surface area (Å²) in [5.41, 5.74) is 0.192.